The highest BCUT2D eigenvalue weighted by Gasteiger charge is 2.51. The molecule has 8 nitrogen and oxygen atoms in total. The number of phenols is 1. The molecule has 2 saturated carbocycles. The van der Waals surface area contributed by atoms with Crippen molar-refractivity contribution in [2.24, 2.45) is 17.8 Å². The number of aromatic hydroxyl groups is 1. The molecule has 0 radical (unpaired) electrons. The molecule has 0 spiro atoms. The molecule has 178 valence electrons. The number of benzene rings is 1. The van der Waals surface area contributed by atoms with Crippen LogP contribution in [0, 0.1) is 17.8 Å². The Morgan fingerprint density at radius 3 is 2.47 bits per heavy atom. The molecule has 1 aliphatic heterocycles. The zero-order chi connectivity index (χ0) is 22.6. The lowest BCUT2D eigenvalue weighted by molar-refractivity contribution is -0.314. The number of aliphatic hydroxyl groups excluding tert-OH is 4. The SMILES string of the molecule is COc1cc2c(cc1O)CCC1C2CCC2C(O[C@@H]3O[C@H](CO)[C@@H](O)[C@H](O)[C@H]3O)CCC21. The Morgan fingerprint density at radius 2 is 1.72 bits per heavy atom. The van der Waals surface area contributed by atoms with E-state index in [-0.39, 0.29) is 11.9 Å². The molecule has 3 aliphatic carbocycles. The summed E-state index contributed by atoms with van der Waals surface area (Å²) in [4.78, 5) is 0. The van der Waals surface area contributed by atoms with E-state index in [1.807, 2.05) is 12.1 Å². The molecule has 1 heterocycles. The van der Waals surface area contributed by atoms with Crippen LogP contribution in [-0.2, 0) is 15.9 Å². The summed E-state index contributed by atoms with van der Waals surface area (Å²) in [5.74, 6) is 2.58. The minimum Gasteiger partial charge on any atom is -0.504 e. The molecule has 1 aromatic carbocycles. The molecular formula is C24H34O8. The normalized spacial score (nSPS) is 43.3. The molecule has 3 fully saturated rings. The Morgan fingerprint density at radius 1 is 0.938 bits per heavy atom. The van der Waals surface area contributed by atoms with Crippen LogP contribution in [-0.4, -0.2) is 76.1 Å². The average Bonchev–Trinajstić information content (AvgIpc) is 3.21. The number of fused-ring (bicyclic) bond motifs is 5. The van der Waals surface area contributed by atoms with Crippen LogP contribution in [0.2, 0.25) is 0 Å². The number of rotatable bonds is 4. The maximum absolute atomic E-state index is 10.4. The van der Waals surface area contributed by atoms with Gasteiger partial charge in [0.15, 0.2) is 17.8 Å². The molecule has 1 saturated heterocycles. The van der Waals surface area contributed by atoms with Gasteiger partial charge in [0.1, 0.15) is 24.4 Å². The molecule has 8 heteroatoms. The summed E-state index contributed by atoms with van der Waals surface area (Å²) >= 11 is 0. The molecule has 0 bridgehead atoms. The van der Waals surface area contributed by atoms with Crippen molar-refractivity contribution in [2.45, 2.75) is 81.3 Å². The van der Waals surface area contributed by atoms with Crippen LogP contribution < -0.4 is 4.74 Å². The third-order valence-corrected chi connectivity index (χ3v) is 8.43. The van der Waals surface area contributed by atoms with Crippen LogP contribution >= 0.6 is 0 Å². The van der Waals surface area contributed by atoms with E-state index in [4.69, 9.17) is 14.2 Å². The molecule has 0 amide bonds. The van der Waals surface area contributed by atoms with Gasteiger partial charge in [0.25, 0.3) is 0 Å². The van der Waals surface area contributed by atoms with Crippen molar-refractivity contribution in [3.05, 3.63) is 23.3 Å². The number of hydrogen-bond donors (Lipinski definition) is 5. The monoisotopic (exact) mass is 450 g/mol. The van der Waals surface area contributed by atoms with Crippen molar-refractivity contribution in [1.29, 1.82) is 0 Å². The molecule has 0 aromatic heterocycles. The maximum Gasteiger partial charge on any atom is 0.186 e. The van der Waals surface area contributed by atoms with Crippen LogP contribution in [0.25, 0.3) is 0 Å². The minimum absolute atomic E-state index is 0.0851. The quantitative estimate of drug-likeness (QED) is 0.461. The maximum atomic E-state index is 10.4. The van der Waals surface area contributed by atoms with Crippen molar-refractivity contribution in [2.75, 3.05) is 13.7 Å². The van der Waals surface area contributed by atoms with E-state index in [2.05, 4.69) is 0 Å². The lowest BCUT2D eigenvalue weighted by Gasteiger charge is -2.46. The van der Waals surface area contributed by atoms with Gasteiger partial charge in [-0.25, -0.2) is 0 Å². The number of hydrogen-bond acceptors (Lipinski definition) is 8. The van der Waals surface area contributed by atoms with Crippen LogP contribution in [0.4, 0.5) is 0 Å². The lowest BCUT2D eigenvalue weighted by Crippen LogP contribution is -2.59. The first kappa shape index (κ1) is 22.4. The van der Waals surface area contributed by atoms with Crippen LogP contribution in [0.15, 0.2) is 12.1 Å². The second-order valence-electron chi connectivity index (χ2n) is 9.89. The molecular weight excluding hydrogens is 416 g/mol. The van der Waals surface area contributed by atoms with E-state index >= 15 is 0 Å². The van der Waals surface area contributed by atoms with Gasteiger partial charge in [-0.1, -0.05) is 0 Å². The van der Waals surface area contributed by atoms with E-state index in [9.17, 15) is 25.5 Å². The fourth-order valence-electron chi connectivity index (χ4n) is 6.87. The van der Waals surface area contributed by atoms with Gasteiger partial charge < -0.3 is 39.7 Å². The van der Waals surface area contributed by atoms with Crippen molar-refractivity contribution in [3.8, 4) is 11.5 Å². The average molecular weight is 451 g/mol. The van der Waals surface area contributed by atoms with Crippen molar-refractivity contribution in [3.63, 3.8) is 0 Å². The van der Waals surface area contributed by atoms with Crippen molar-refractivity contribution in [1.82, 2.24) is 0 Å². The predicted molar refractivity (Wildman–Crippen MR) is 113 cm³/mol. The summed E-state index contributed by atoms with van der Waals surface area (Å²) in [5.41, 5.74) is 2.52. The summed E-state index contributed by atoms with van der Waals surface area (Å²) in [6.07, 6.45) is -0.301. The summed E-state index contributed by atoms with van der Waals surface area (Å²) in [7, 11) is 1.58. The van der Waals surface area contributed by atoms with Crippen LogP contribution in [0.5, 0.6) is 11.5 Å². The largest absolute Gasteiger partial charge is 0.504 e. The highest BCUT2D eigenvalue weighted by molar-refractivity contribution is 5.49. The fraction of sp³-hybridized carbons (Fsp3) is 0.750. The van der Waals surface area contributed by atoms with E-state index in [0.29, 0.717) is 29.4 Å². The molecule has 5 N–H and O–H groups in total. The summed E-state index contributed by atoms with van der Waals surface area (Å²) < 4.78 is 17.1. The van der Waals surface area contributed by atoms with Crippen molar-refractivity contribution < 1.29 is 39.7 Å². The van der Waals surface area contributed by atoms with Gasteiger partial charge in [0, 0.05) is 0 Å². The molecule has 32 heavy (non-hydrogen) atoms. The highest BCUT2D eigenvalue weighted by atomic mass is 16.7. The smallest absolute Gasteiger partial charge is 0.186 e. The van der Waals surface area contributed by atoms with Gasteiger partial charge in [-0.05, 0) is 85.5 Å². The number of ether oxygens (including phenoxy) is 3. The minimum atomic E-state index is -1.42. The van der Waals surface area contributed by atoms with E-state index in [1.165, 1.54) is 11.1 Å². The molecule has 10 atom stereocenters. The van der Waals surface area contributed by atoms with Crippen LogP contribution in [0.3, 0.4) is 0 Å². The first-order chi connectivity index (χ1) is 15.4. The van der Waals surface area contributed by atoms with Gasteiger partial charge in [-0.2, -0.15) is 0 Å². The van der Waals surface area contributed by atoms with E-state index in [0.717, 1.165) is 38.5 Å². The van der Waals surface area contributed by atoms with Gasteiger partial charge in [-0.3, -0.25) is 0 Å². The predicted octanol–water partition coefficient (Wildman–Crippen LogP) is 1.05. The van der Waals surface area contributed by atoms with Gasteiger partial charge in [-0.15, -0.1) is 0 Å². The molecule has 5 rings (SSSR count). The van der Waals surface area contributed by atoms with Crippen LogP contribution in [0.1, 0.15) is 49.1 Å². The summed E-state index contributed by atoms with van der Waals surface area (Å²) in [6, 6.07) is 3.87. The summed E-state index contributed by atoms with van der Waals surface area (Å²) in [6.45, 7) is -0.455. The van der Waals surface area contributed by atoms with Gasteiger partial charge >= 0.3 is 0 Å². The zero-order valence-corrected chi connectivity index (χ0v) is 18.3. The Kier molecular flexibility index (Phi) is 6.11. The molecule has 5 unspecified atom stereocenters. The van der Waals surface area contributed by atoms with Gasteiger partial charge in [0.2, 0.25) is 0 Å². The zero-order valence-electron chi connectivity index (χ0n) is 18.3. The first-order valence-electron chi connectivity index (χ1n) is 11.8. The Bertz CT molecular complexity index is 828. The topological polar surface area (TPSA) is 129 Å². The highest BCUT2D eigenvalue weighted by Crippen LogP contribution is 2.56. The Balaban J connectivity index is 1.30. The first-order valence-corrected chi connectivity index (χ1v) is 11.8. The summed E-state index contributed by atoms with van der Waals surface area (Å²) in [5, 5.41) is 50.1. The number of methoxy groups -OCH3 is 1. The van der Waals surface area contributed by atoms with Crippen molar-refractivity contribution >= 4 is 0 Å². The molecule has 1 aromatic rings. The van der Waals surface area contributed by atoms with Gasteiger partial charge in [0.05, 0.1) is 19.8 Å². The number of phenolic OH excluding ortho intramolecular Hbond substituents is 1. The van der Waals surface area contributed by atoms with E-state index in [1.54, 1.807) is 7.11 Å². The Labute approximate surface area is 187 Å². The van der Waals surface area contributed by atoms with E-state index < -0.39 is 37.3 Å². The third-order valence-electron chi connectivity index (χ3n) is 8.43. The number of aryl methyl sites for hydroxylation is 1. The fourth-order valence-corrected chi connectivity index (χ4v) is 6.87. The lowest BCUT2D eigenvalue weighted by atomic mass is 9.60. The standard InChI is InChI=1S/C24H34O8/c1-30-19-9-16-11(8-17(19)26)2-3-12-13-6-7-18(15(13)5-4-14(12)16)31-24-23(29)22(28)21(27)20(10-25)32-24/h8-9,12-15,18,20-29H,2-7,10H2,1H3/t12?,13?,14?,15?,18?,20-,21-,22+,23-,24-/m1/s1. The second-order valence-corrected chi connectivity index (χ2v) is 9.89. The number of aliphatic hydroxyl groups is 4. The second kappa shape index (κ2) is 8.74. The Hall–Kier alpha value is -1.42. The third kappa shape index (κ3) is 3.61. The molecule has 4 aliphatic rings.